The Bertz CT molecular complexity index is 1250. The zero-order valence-electron chi connectivity index (χ0n) is 20.2. The summed E-state index contributed by atoms with van der Waals surface area (Å²) < 4.78 is 9.26. The molecule has 2 aromatic carbocycles. The Kier molecular flexibility index (Phi) is 7.54. The highest BCUT2D eigenvalue weighted by molar-refractivity contribution is 7.09. The number of nitrogens with two attached hydrogens (primary N) is 2. The summed E-state index contributed by atoms with van der Waals surface area (Å²) in [6.45, 7) is 1.95. The van der Waals surface area contributed by atoms with E-state index in [2.05, 4.69) is 9.69 Å². The van der Waals surface area contributed by atoms with Gasteiger partial charge in [-0.2, -0.15) is 4.37 Å². The van der Waals surface area contributed by atoms with Gasteiger partial charge in [-0.1, -0.05) is 42.7 Å². The molecule has 188 valence electrons. The Morgan fingerprint density at radius 2 is 1.72 bits per heavy atom. The van der Waals surface area contributed by atoms with Crippen molar-refractivity contribution < 1.29 is 19.1 Å². The van der Waals surface area contributed by atoms with E-state index in [1.54, 1.807) is 31.4 Å². The second-order valence-electron chi connectivity index (χ2n) is 8.81. The predicted octanol–water partition coefficient (Wildman–Crippen LogP) is 3.59. The second kappa shape index (κ2) is 10.8. The first-order chi connectivity index (χ1) is 17.3. The number of primary amides is 1. The SMILES string of the molecule is COc1ccc(N(C(=O)c2snc(C(N)=O)c2N)C(C(=O)NC2CCCC2)c2ccc(C)cc2)cc1. The van der Waals surface area contributed by atoms with E-state index in [4.69, 9.17) is 16.2 Å². The first-order valence-corrected chi connectivity index (χ1v) is 12.5. The Labute approximate surface area is 213 Å². The number of nitrogens with zero attached hydrogens (tertiary/aromatic N) is 2. The molecule has 1 saturated carbocycles. The Balaban J connectivity index is 1.84. The van der Waals surface area contributed by atoms with Crippen LogP contribution in [-0.2, 0) is 4.79 Å². The molecule has 0 aliphatic heterocycles. The monoisotopic (exact) mass is 507 g/mol. The van der Waals surface area contributed by atoms with Gasteiger partial charge in [0, 0.05) is 11.7 Å². The third-order valence-electron chi connectivity index (χ3n) is 6.33. The van der Waals surface area contributed by atoms with Crippen LogP contribution in [0.2, 0.25) is 0 Å². The van der Waals surface area contributed by atoms with Gasteiger partial charge in [0.1, 0.15) is 16.7 Å². The van der Waals surface area contributed by atoms with Crippen LogP contribution in [0, 0.1) is 6.92 Å². The average Bonchev–Trinajstić information content (AvgIpc) is 3.52. The third-order valence-corrected chi connectivity index (χ3v) is 7.18. The molecule has 0 bridgehead atoms. The van der Waals surface area contributed by atoms with Gasteiger partial charge >= 0.3 is 0 Å². The Morgan fingerprint density at radius 1 is 1.08 bits per heavy atom. The van der Waals surface area contributed by atoms with Crippen molar-refractivity contribution in [2.45, 2.75) is 44.7 Å². The highest BCUT2D eigenvalue weighted by Gasteiger charge is 2.37. The molecule has 5 N–H and O–H groups in total. The molecule has 10 heteroatoms. The van der Waals surface area contributed by atoms with E-state index < -0.39 is 17.9 Å². The van der Waals surface area contributed by atoms with Crippen LogP contribution >= 0.6 is 11.5 Å². The van der Waals surface area contributed by atoms with Gasteiger partial charge in [-0.25, -0.2) is 0 Å². The van der Waals surface area contributed by atoms with Gasteiger partial charge in [0.15, 0.2) is 5.69 Å². The summed E-state index contributed by atoms with van der Waals surface area (Å²) >= 11 is 0.779. The minimum atomic E-state index is -0.995. The van der Waals surface area contributed by atoms with Gasteiger partial charge < -0.3 is 21.5 Å². The van der Waals surface area contributed by atoms with Crippen LogP contribution in [0.5, 0.6) is 5.75 Å². The van der Waals surface area contributed by atoms with Crippen molar-refractivity contribution in [3.8, 4) is 5.75 Å². The molecule has 4 rings (SSSR count). The molecular formula is C26H29N5O4S. The minimum absolute atomic E-state index is 0.0328. The summed E-state index contributed by atoms with van der Waals surface area (Å²) in [4.78, 5) is 41.0. The number of benzene rings is 2. The van der Waals surface area contributed by atoms with E-state index >= 15 is 0 Å². The maximum Gasteiger partial charge on any atom is 0.273 e. The molecule has 1 aromatic heterocycles. The number of aromatic nitrogens is 1. The lowest BCUT2D eigenvalue weighted by molar-refractivity contribution is -0.123. The van der Waals surface area contributed by atoms with Crippen molar-refractivity contribution in [1.82, 2.24) is 9.69 Å². The van der Waals surface area contributed by atoms with Crippen LogP contribution in [0.1, 0.15) is 63.0 Å². The highest BCUT2D eigenvalue weighted by Crippen LogP contribution is 2.34. The van der Waals surface area contributed by atoms with Crippen molar-refractivity contribution in [3.63, 3.8) is 0 Å². The van der Waals surface area contributed by atoms with Gasteiger partial charge in [0.25, 0.3) is 11.8 Å². The van der Waals surface area contributed by atoms with Gasteiger partial charge in [-0.3, -0.25) is 19.3 Å². The summed E-state index contributed by atoms with van der Waals surface area (Å²) in [5.41, 5.74) is 13.3. The van der Waals surface area contributed by atoms with Crippen LogP contribution in [-0.4, -0.2) is 35.2 Å². The molecule has 1 fully saturated rings. The maximum absolute atomic E-state index is 14.0. The number of anilines is 2. The van der Waals surface area contributed by atoms with Crippen LogP contribution < -0.4 is 26.4 Å². The van der Waals surface area contributed by atoms with Gasteiger partial charge in [0.2, 0.25) is 5.91 Å². The molecule has 1 unspecified atom stereocenters. The van der Waals surface area contributed by atoms with Crippen molar-refractivity contribution in [2.24, 2.45) is 5.73 Å². The summed E-state index contributed by atoms with van der Waals surface area (Å²) in [5, 5.41) is 3.13. The molecule has 3 aromatic rings. The lowest BCUT2D eigenvalue weighted by Crippen LogP contribution is -2.46. The van der Waals surface area contributed by atoms with Crippen LogP contribution in [0.25, 0.3) is 0 Å². The zero-order valence-corrected chi connectivity index (χ0v) is 21.0. The number of methoxy groups -OCH3 is 1. The number of carbonyl (C=O) groups is 3. The fraction of sp³-hybridized carbons (Fsp3) is 0.308. The number of ether oxygens (including phenoxy) is 1. The first kappa shape index (κ1) is 25.2. The van der Waals surface area contributed by atoms with E-state index in [1.165, 1.54) is 4.90 Å². The topological polar surface area (TPSA) is 141 Å². The lowest BCUT2D eigenvalue weighted by atomic mass is 10.0. The van der Waals surface area contributed by atoms with Crippen LogP contribution in [0.4, 0.5) is 11.4 Å². The summed E-state index contributed by atoms with van der Waals surface area (Å²) in [6, 6.07) is 13.3. The average molecular weight is 508 g/mol. The fourth-order valence-electron chi connectivity index (χ4n) is 4.38. The highest BCUT2D eigenvalue weighted by atomic mass is 32.1. The molecule has 1 atom stereocenters. The molecule has 0 spiro atoms. The summed E-state index contributed by atoms with van der Waals surface area (Å²) in [5.74, 6) is -1.09. The number of nitrogens with one attached hydrogen (secondary N) is 1. The standard InChI is InChI=1S/C26H29N5O4S/c1-15-7-9-16(10-8-15)22(25(33)29-17-5-3-4-6-17)31(18-11-13-19(35-2)14-12-18)26(34)23-20(27)21(24(28)32)30-36-23/h7-14,17,22H,3-6,27H2,1-2H3,(H2,28,32)(H,29,33). The third kappa shape index (κ3) is 5.18. The second-order valence-corrected chi connectivity index (χ2v) is 9.59. The molecule has 1 heterocycles. The van der Waals surface area contributed by atoms with E-state index in [-0.39, 0.29) is 28.2 Å². The Morgan fingerprint density at radius 3 is 2.28 bits per heavy atom. The Hall–Kier alpha value is -3.92. The number of hydrogen-bond donors (Lipinski definition) is 3. The van der Waals surface area contributed by atoms with Crippen molar-refractivity contribution in [1.29, 1.82) is 0 Å². The quantitative estimate of drug-likeness (QED) is 0.426. The number of carbonyl (C=O) groups excluding carboxylic acids is 3. The number of amides is 3. The number of rotatable bonds is 8. The zero-order chi connectivity index (χ0) is 25.8. The predicted molar refractivity (Wildman–Crippen MR) is 139 cm³/mol. The van der Waals surface area contributed by atoms with E-state index in [1.807, 2.05) is 31.2 Å². The summed E-state index contributed by atoms with van der Waals surface area (Å²) in [6.07, 6.45) is 3.89. The number of nitrogen functional groups attached to an aromatic ring is 1. The van der Waals surface area contributed by atoms with E-state index in [0.717, 1.165) is 42.8 Å². The molecule has 0 radical (unpaired) electrons. The molecule has 3 amide bonds. The largest absolute Gasteiger partial charge is 0.497 e. The van der Waals surface area contributed by atoms with Crippen LogP contribution in [0.3, 0.4) is 0 Å². The maximum atomic E-state index is 14.0. The lowest BCUT2D eigenvalue weighted by Gasteiger charge is -2.32. The van der Waals surface area contributed by atoms with E-state index in [9.17, 15) is 14.4 Å². The smallest absolute Gasteiger partial charge is 0.273 e. The van der Waals surface area contributed by atoms with Gasteiger partial charge in [-0.15, -0.1) is 0 Å². The fourth-order valence-corrected chi connectivity index (χ4v) is 5.12. The normalized spacial score (nSPS) is 14.3. The number of hydrogen-bond acceptors (Lipinski definition) is 7. The van der Waals surface area contributed by atoms with Crippen LogP contribution in [0.15, 0.2) is 48.5 Å². The summed E-state index contributed by atoms with van der Waals surface area (Å²) in [7, 11) is 1.55. The molecule has 36 heavy (non-hydrogen) atoms. The number of aryl methyl sites for hydroxylation is 1. The van der Waals surface area contributed by atoms with Crippen molar-refractivity contribution >= 4 is 40.6 Å². The van der Waals surface area contributed by atoms with Gasteiger partial charge in [0.05, 0.1) is 12.8 Å². The minimum Gasteiger partial charge on any atom is -0.497 e. The molecule has 1 aliphatic carbocycles. The molecule has 1 aliphatic rings. The van der Waals surface area contributed by atoms with E-state index in [0.29, 0.717) is 17.0 Å². The molecule has 9 nitrogen and oxygen atoms in total. The van der Waals surface area contributed by atoms with Crippen molar-refractivity contribution in [3.05, 3.63) is 70.2 Å². The molecule has 0 saturated heterocycles. The molecular weight excluding hydrogens is 478 g/mol. The van der Waals surface area contributed by atoms with Gasteiger partial charge in [-0.05, 0) is 61.1 Å². The first-order valence-electron chi connectivity index (χ1n) is 11.7. The van der Waals surface area contributed by atoms with Crippen molar-refractivity contribution in [2.75, 3.05) is 17.7 Å².